The lowest BCUT2D eigenvalue weighted by Crippen LogP contribution is -2.00. The number of halogens is 1. The minimum Gasteiger partial charge on any atom is -0.302 e. The van der Waals surface area contributed by atoms with Gasteiger partial charge >= 0.3 is 0 Å². The fourth-order valence-corrected chi connectivity index (χ4v) is 3.77. The van der Waals surface area contributed by atoms with Crippen molar-refractivity contribution in [2.45, 2.75) is 24.4 Å². The van der Waals surface area contributed by atoms with E-state index in [1.54, 1.807) is 11.8 Å². The molecule has 0 radical (unpaired) electrons. The van der Waals surface area contributed by atoms with Crippen molar-refractivity contribution in [2.24, 2.45) is 0 Å². The predicted octanol–water partition coefficient (Wildman–Crippen LogP) is 4.89. The summed E-state index contributed by atoms with van der Waals surface area (Å²) in [5.41, 5.74) is 2.88. The van der Waals surface area contributed by atoms with Gasteiger partial charge in [-0.2, -0.15) is 5.26 Å². The zero-order chi connectivity index (χ0) is 16.9. The van der Waals surface area contributed by atoms with E-state index in [0.717, 1.165) is 38.9 Å². The van der Waals surface area contributed by atoms with Gasteiger partial charge in [0, 0.05) is 22.3 Å². The van der Waals surface area contributed by atoms with Gasteiger partial charge in [-0.15, -0.1) is 10.2 Å². The maximum absolute atomic E-state index is 8.86. The van der Waals surface area contributed by atoms with Gasteiger partial charge in [0.2, 0.25) is 0 Å². The molecule has 0 unspecified atom stereocenters. The Balaban J connectivity index is 1.82. The maximum Gasteiger partial charge on any atom is 0.191 e. The van der Waals surface area contributed by atoms with Crippen LogP contribution in [0.2, 0.25) is 0 Å². The molecule has 3 rings (SSSR count). The third kappa shape index (κ3) is 3.53. The van der Waals surface area contributed by atoms with E-state index in [1.165, 1.54) is 0 Å². The van der Waals surface area contributed by atoms with Crippen LogP contribution in [0.1, 0.15) is 18.1 Å². The average Bonchev–Trinajstić information content (AvgIpc) is 3.03. The minimum absolute atomic E-state index is 0.677. The zero-order valence-electron chi connectivity index (χ0n) is 13.1. The Morgan fingerprint density at radius 3 is 2.54 bits per heavy atom. The van der Waals surface area contributed by atoms with Crippen LogP contribution in [-0.2, 0) is 12.3 Å². The van der Waals surface area contributed by atoms with E-state index < -0.39 is 0 Å². The number of nitrogens with zero attached hydrogens (tertiary/aromatic N) is 4. The Labute approximate surface area is 153 Å². The molecule has 0 spiro atoms. The molecule has 0 aliphatic carbocycles. The number of rotatable bonds is 5. The molecule has 0 amide bonds. The molecule has 0 bridgehead atoms. The van der Waals surface area contributed by atoms with Crippen molar-refractivity contribution in [2.75, 3.05) is 0 Å². The van der Waals surface area contributed by atoms with Crippen molar-refractivity contribution in [1.82, 2.24) is 14.8 Å². The molecule has 1 heterocycles. The van der Waals surface area contributed by atoms with Crippen molar-refractivity contribution in [3.05, 3.63) is 64.1 Å². The summed E-state index contributed by atoms with van der Waals surface area (Å²) in [6.45, 7) is 2.90. The van der Waals surface area contributed by atoms with Gasteiger partial charge < -0.3 is 4.57 Å². The summed E-state index contributed by atoms with van der Waals surface area (Å²) in [5, 5.41) is 18.5. The van der Waals surface area contributed by atoms with Crippen LogP contribution in [0.5, 0.6) is 0 Å². The second-order valence-electron chi connectivity index (χ2n) is 5.13. The average molecular weight is 399 g/mol. The zero-order valence-corrected chi connectivity index (χ0v) is 15.5. The standard InChI is InChI=1S/C18H15BrN4S/c1-2-23-17(15-5-3-4-6-16(15)19)21-22-18(23)24-12-14-9-7-13(11-20)8-10-14/h3-10H,2,12H2,1H3. The first-order chi connectivity index (χ1) is 11.7. The molecule has 24 heavy (non-hydrogen) atoms. The number of hydrogen-bond donors (Lipinski definition) is 0. The maximum atomic E-state index is 8.86. The highest BCUT2D eigenvalue weighted by Gasteiger charge is 2.15. The highest BCUT2D eigenvalue weighted by Crippen LogP contribution is 2.30. The summed E-state index contributed by atoms with van der Waals surface area (Å²) in [7, 11) is 0. The van der Waals surface area contributed by atoms with Crippen molar-refractivity contribution >= 4 is 27.7 Å². The van der Waals surface area contributed by atoms with Gasteiger partial charge in [0.1, 0.15) is 0 Å². The number of benzene rings is 2. The summed E-state index contributed by atoms with van der Waals surface area (Å²) >= 11 is 5.23. The lowest BCUT2D eigenvalue weighted by atomic mass is 10.2. The SMILES string of the molecule is CCn1c(SCc2ccc(C#N)cc2)nnc1-c1ccccc1Br. The number of thioether (sulfide) groups is 1. The molecule has 0 aliphatic heterocycles. The molecule has 0 saturated heterocycles. The first-order valence-corrected chi connectivity index (χ1v) is 9.30. The van der Waals surface area contributed by atoms with Crippen LogP contribution in [0, 0.1) is 11.3 Å². The van der Waals surface area contributed by atoms with Gasteiger partial charge in [0.05, 0.1) is 11.6 Å². The highest BCUT2D eigenvalue weighted by molar-refractivity contribution is 9.10. The third-order valence-corrected chi connectivity index (χ3v) is 5.33. The molecule has 0 N–H and O–H groups in total. The van der Waals surface area contributed by atoms with E-state index in [1.807, 2.05) is 48.5 Å². The molecule has 0 atom stereocenters. The summed E-state index contributed by atoms with van der Waals surface area (Å²) < 4.78 is 3.13. The van der Waals surface area contributed by atoms with Crippen LogP contribution < -0.4 is 0 Å². The Morgan fingerprint density at radius 2 is 1.88 bits per heavy atom. The van der Waals surface area contributed by atoms with Gasteiger partial charge in [-0.25, -0.2) is 0 Å². The van der Waals surface area contributed by atoms with Crippen LogP contribution in [-0.4, -0.2) is 14.8 Å². The summed E-state index contributed by atoms with van der Waals surface area (Å²) in [6.07, 6.45) is 0. The van der Waals surface area contributed by atoms with Crippen molar-refractivity contribution in [1.29, 1.82) is 5.26 Å². The summed E-state index contributed by atoms with van der Waals surface area (Å²) in [5.74, 6) is 1.66. The molecule has 1 aromatic heterocycles. The Morgan fingerprint density at radius 1 is 1.12 bits per heavy atom. The second kappa shape index (κ2) is 7.65. The van der Waals surface area contributed by atoms with E-state index in [0.29, 0.717) is 5.56 Å². The van der Waals surface area contributed by atoms with Gasteiger partial charge in [-0.05, 0) is 30.7 Å². The molecule has 4 nitrogen and oxygen atoms in total. The highest BCUT2D eigenvalue weighted by atomic mass is 79.9. The second-order valence-corrected chi connectivity index (χ2v) is 6.92. The first-order valence-electron chi connectivity index (χ1n) is 7.53. The van der Waals surface area contributed by atoms with E-state index in [9.17, 15) is 0 Å². The lowest BCUT2D eigenvalue weighted by molar-refractivity contribution is 0.687. The van der Waals surface area contributed by atoms with E-state index in [-0.39, 0.29) is 0 Å². The fourth-order valence-electron chi connectivity index (χ4n) is 2.35. The van der Waals surface area contributed by atoms with E-state index in [4.69, 9.17) is 5.26 Å². The smallest absolute Gasteiger partial charge is 0.191 e. The van der Waals surface area contributed by atoms with Gasteiger partial charge in [0.15, 0.2) is 11.0 Å². The van der Waals surface area contributed by atoms with E-state index in [2.05, 4.69) is 43.7 Å². The molecule has 0 aliphatic rings. The largest absolute Gasteiger partial charge is 0.302 e. The van der Waals surface area contributed by atoms with Crippen molar-refractivity contribution in [3.8, 4) is 17.5 Å². The Hall–Kier alpha value is -2.10. The van der Waals surface area contributed by atoms with Crippen LogP contribution >= 0.6 is 27.7 Å². The molecule has 120 valence electrons. The number of hydrogen-bond acceptors (Lipinski definition) is 4. The predicted molar refractivity (Wildman–Crippen MR) is 99.6 cm³/mol. The van der Waals surface area contributed by atoms with Crippen LogP contribution in [0.3, 0.4) is 0 Å². The van der Waals surface area contributed by atoms with Crippen molar-refractivity contribution in [3.63, 3.8) is 0 Å². The molecule has 2 aromatic carbocycles. The molecular weight excluding hydrogens is 384 g/mol. The van der Waals surface area contributed by atoms with Gasteiger partial charge in [-0.3, -0.25) is 0 Å². The van der Waals surface area contributed by atoms with Gasteiger partial charge in [0.25, 0.3) is 0 Å². The Bertz CT molecular complexity index is 881. The van der Waals surface area contributed by atoms with Crippen LogP contribution in [0.25, 0.3) is 11.4 Å². The number of nitriles is 1. The molecular formula is C18H15BrN4S. The Kier molecular flexibility index (Phi) is 5.34. The minimum atomic E-state index is 0.677. The summed E-state index contributed by atoms with van der Waals surface area (Å²) in [6, 6.07) is 17.8. The van der Waals surface area contributed by atoms with E-state index >= 15 is 0 Å². The molecule has 3 aromatic rings. The topological polar surface area (TPSA) is 54.5 Å². The first kappa shape index (κ1) is 16.7. The molecule has 0 fully saturated rings. The van der Waals surface area contributed by atoms with Crippen LogP contribution in [0.4, 0.5) is 0 Å². The lowest BCUT2D eigenvalue weighted by Gasteiger charge is -2.08. The normalized spacial score (nSPS) is 10.5. The quantitative estimate of drug-likeness (QED) is 0.573. The third-order valence-electron chi connectivity index (χ3n) is 3.60. The molecule has 6 heteroatoms. The number of aromatic nitrogens is 3. The van der Waals surface area contributed by atoms with Gasteiger partial charge in [-0.1, -0.05) is 58.0 Å². The molecule has 0 saturated carbocycles. The monoisotopic (exact) mass is 398 g/mol. The summed E-state index contributed by atoms with van der Waals surface area (Å²) in [4.78, 5) is 0. The van der Waals surface area contributed by atoms with Crippen molar-refractivity contribution < 1.29 is 0 Å². The fraction of sp³-hybridized carbons (Fsp3) is 0.167. The van der Waals surface area contributed by atoms with Crippen LogP contribution in [0.15, 0.2) is 58.2 Å².